The van der Waals surface area contributed by atoms with Crippen molar-refractivity contribution in [3.05, 3.63) is 23.8 Å². The molecule has 2 aliphatic heterocycles. The standard InChI is InChI=1S/C15H19N5O/c1-19-6-8-20(9-7-19)15-17-14(21-18-15)12-2-3-13-11(10-12)4-5-16-13/h2-3,10,16H,4-9H2,1H3. The van der Waals surface area contributed by atoms with Gasteiger partial charge in [-0.1, -0.05) is 0 Å². The Hall–Kier alpha value is -2.08. The molecule has 6 heteroatoms. The minimum Gasteiger partial charge on any atom is -0.384 e. The smallest absolute Gasteiger partial charge is 0.266 e. The number of anilines is 2. The molecule has 1 N–H and O–H groups in total. The Kier molecular flexibility index (Phi) is 3.03. The molecule has 1 aromatic carbocycles. The lowest BCUT2D eigenvalue weighted by Gasteiger charge is -2.31. The fourth-order valence-electron chi connectivity index (χ4n) is 2.91. The Labute approximate surface area is 123 Å². The molecule has 0 spiro atoms. The first-order valence-electron chi connectivity index (χ1n) is 7.44. The van der Waals surface area contributed by atoms with Crippen molar-refractivity contribution < 1.29 is 4.52 Å². The highest BCUT2D eigenvalue weighted by molar-refractivity contribution is 5.65. The van der Waals surface area contributed by atoms with Gasteiger partial charge in [-0.25, -0.2) is 0 Å². The maximum atomic E-state index is 5.45. The van der Waals surface area contributed by atoms with Crippen molar-refractivity contribution in [3.8, 4) is 11.5 Å². The zero-order chi connectivity index (χ0) is 14.2. The summed E-state index contributed by atoms with van der Waals surface area (Å²) in [5, 5.41) is 7.50. The van der Waals surface area contributed by atoms with Gasteiger partial charge in [-0.2, -0.15) is 4.98 Å². The SMILES string of the molecule is CN1CCN(c2noc(-c3ccc4c(c3)CCN4)n2)CC1. The first-order valence-corrected chi connectivity index (χ1v) is 7.44. The monoisotopic (exact) mass is 285 g/mol. The van der Waals surface area contributed by atoms with E-state index >= 15 is 0 Å². The highest BCUT2D eigenvalue weighted by Crippen LogP contribution is 2.28. The lowest BCUT2D eigenvalue weighted by molar-refractivity contribution is 0.309. The summed E-state index contributed by atoms with van der Waals surface area (Å²) < 4.78 is 5.45. The van der Waals surface area contributed by atoms with Crippen molar-refractivity contribution in [2.75, 3.05) is 50.0 Å². The summed E-state index contributed by atoms with van der Waals surface area (Å²) in [6.45, 7) is 4.98. The lowest BCUT2D eigenvalue weighted by Crippen LogP contribution is -2.44. The maximum absolute atomic E-state index is 5.45. The number of likely N-dealkylation sites (N-methyl/N-ethyl adjacent to an activating group) is 1. The Morgan fingerprint density at radius 3 is 2.90 bits per heavy atom. The molecule has 1 saturated heterocycles. The Morgan fingerprint density at radius 2 is 2.05 bits per heavy atom. The van der Waals surface area contributed by atoms with Crippen LogP contribution >= 0.6 is 0 Å². The Morgan fingerprint density at radius 1 is 1.19 bits per heavy atom. The van der Waals surface area contributed by atoms with E-state index in [1.807, 2.05) is 6.07 Å². The summed E-state index contributed by atoms with van der Waals surface area (Å²) in [7, 11) is 2.14. The fraction of sp³-hybridized carbons (Fsp3) is 0.467. The molecule has 1 aromatic heterocycles. The van der Waals surface area contributed by atoms with Gasteiger partial charge in [0.2, 0.25) is 0 Å². The molecule has 6 nitrogen and oxygen atoms in total. The van der Waals surface area contributed by atoms with E-state index in [0.717, 1.165) is 44.7 Å². The second-order valence-electron chi connectivity index (χ2n) is 5.74. The van der Waals surface area contributed by atoms with Gasteiger partial charge in [-0.3, -0.25) is 0 Å². The molecule has 0 saturated carbocycles. The highest BCUT2D eigenvalue weighted by Gasteiger charge is 2.20. The van der Waals surface area contributed by atoms with Gasteiger partial charge in [0.15, 0.2) is 0 Å². The van der Waals surface area contributed by atoms with E-state index in [2.05, 4.69) is 44.4 Å². The van der Waals surface area contributed by atoms with Crippen LogP contribution in [-0.2, 0) is 6.42 Å². The molecule has 0 unspecified atom stereocenters. The average molecular weight is 285 g/mol. The number of nitrogens with zero attached hydrogens (tertiary/aromatic N) is 4. The van der Waals surface area contributed by atoms with Crippen molar-refractivity contribution in [3.63, 3.8) is 0 Å². The molecule has 1 fully saturated rings. The average Bonchev–Trinajstić information content (AvgIpc) is 3.16. The first kappa shape index (κ1) is 12.6. The Bertz CT molecular complexity index is 645. The summed E-state index contributed by atoms with van der Waals surface area (Å²) >= 11 is 0. The van der Waals surface area contributed by atoms with Crippen LogP contribution in [0.3, 0.4) is 0 Å². The summed E-state index contributed by atoms with van der Waals surface area (Å²) in [4.78, 5) is 9.06. The fourth-order valence-corrected chi connectivity index (χ4v) is 2.91. The molecular formula is C15H19N5O. The zero-order valence-corrected chi connectivity index (χ0v) is 12.2. The van der Waals surface area contributed by atoms with Gasteiger partial charge < -0.3 is 19.6 Å². The lowest BCUT2D eigenvalue weighted by atomic mass is 10.1. The van der Waals surface area contributed by atoms with Crippen LogP contribution in [0.25, 0.3) is 11.5 Å². The van der Waals surface area contributed by atoms with E-state index in [-0.39, 0.29) is 0 Å². The molecular weight excluding hydrogens is 266 g/mol. The Balaban J connectivity index is 1.57. The van der Waals surface area contributed by atoms with Crippen molar-refractivity contribution in [2.45, 2.75) is 6.42 Å². The van der Waals surface area contributed by atoms with Gasteiger partial charge >= 0.3 is 0 Å². The number of nitrogens with one attached hydrogen (secondary N) is 1. The van der Waals surface area contributed by atoms with Gasteiger partial charge in [0.05, 0.1) is 0 Å². The number of piperazine rings is 1. The van der Waals surface area contributed by atoms with Crippen LogP contribution < -0.4 is 10.2 Å². The quantitative estimate of drug-likeness (QED) is 0.901. The second-order valence-corrected chi connectivity index (χ2v) is 5.74. The molecule has 0 atom stereocenters. The van der Waals surface area contributed by atoms with Gasteiger partial charge in [-0.05, 0) is 42.4 Å². The molecule has 3 heterocycles. The van der Waals surface area contributed by atoms with Crippen LogP contribution in [0.1, 0.15) is 5.56 Å². The van der Waals surface area contributed by atoms with Crippen LogP contribution in [0.4, 0.5) is 11.6 Å². The third-order valence-electron chi connectivity index (χ3n) is 4.26. The van der Waals surface area contributed by atoms with E-state index in [1.165, 1.54) is 11.3 Å². The molecule has 2 aromatic rings. The van der Waals surface area contributed by atoms with Crippen molar-refractivity contribution >= 4 is 11.6 Å². The molecule has 0 radical (unpaired) electrons. The third kappa shape index (κ3) is 2.35. The maximum Gasteiger partial charge on any atom is 0.266 e. The predicted molar refractivity (Wildman–Crippen MR) is 81.6 cm³/mol. The van der Waals surface area contributed by atoms with Crippen molar-refractivity contribution in [1.82, 2.24) is 15.0 Å². The number of benzene rings is 1. The molecule has 21 heavy (non-hydrogen) atoms. The number of rotatable bonds is 2. The molecule has 0 bridgehead atoms. The molecule has 110 valence electrons. The normalized spacial score (nSPS) is 18.6. The van der Waals surface area contributed by atoms with E-state index < -0.39 is 0 Å². The van der Waals surface area contributed by atoms with E-state index in [9.17, 15) is 0 Å². The van der Waals surface area contributed by atoms with E-state index in [1.54, 1.807) is 0 Å². The largest absolute Gasteiger partial charge is 0.384 e. The summed E-state index contributed by atoms with van der Waals surface area (Å²) in [6.07, 6.45) is 1.06. The number of aromatic nitrogens is 2. The molecule has 0 amide bonds. The third-order valence-corrected chi connectivity index (χ3v) is 4.26. The zero-order valence-electron chi connectivity index (χ0n) is 12.2. The van der Waals surface area contributed by atoms with Crippen LogP contribution in [-0.4, -0.2) is 54.8 Å². The van der Waals surface area contributed by atoms with Crippen molar-refractivity contribution in [1.29, 1.82) is 0 Å². The van der Waals surface area contributed by atoms with Gasteiger partial charge in [0.1, 0.15) is 0 Å². The van der Waals surface area contributed by atoms with Gasteiger partial charge in [-0.15, -0.1) is 0 Å². The minimum atomic E-state index is 0.610. The predicted octanol–water partition coefficient (Wildman–Crippen LogP) is 1.46. The van der Waals surface area contributed by atoms with Crippen molar-refractivity contribution in [2.24, 2.45) is 0 Å². The van der Waals surface area contributed by atoms with Gasteiger partial charge in [0, 0.05) is 44.0 Å². The van der Waals surface area contributed by atoms with Gasteiger partial charge in [0.25, 0.3) is 11.8 Å². The molecule has 2 aliphatic rings. The van der Waals surface area contributed by atoms with E-state index in [4.69, 9.17) is 4.52 Å². The number of hydrogen-bond donors (Lipinski definition) is 1. The summed E-state index contributed by atoms with van der Waals surface area (Å²) in [5.41, 5.74) is 3.55. The minimum absolute atomic E-state index is 0.610. The van der Waals surface area contributed by atoms with Crippen LogP contribution in [0.2, 0.25) is 0 Å². The van der Waals surface area contributed by atoms with Crippen LogP contribution in [0, 0.1) is 0 Å². The number of hydrogen-bond acceptors (Lipinski definition) is 6. The van der Waals surface area contributed by atoms with Crippen LogP contribution in [0.5, 0.6) is 0 Å². The molecule has 4 rings (SSSR count). The van der Waals surface area contributed by atoms with E-state index in [0.29, 0.717) is 11.8 Å². The van der Waals surface area contributed by atoms with Crippen LogP contribution in [0.15, 0.2) is 22.7 Å². The number of fused-ring (bicyclic) bond motifs is 1. The first-order chi connectivity index (χ1) is 10.3. The summed E-state index contributed by atoms with van der Waals surface area (Å²) in [5.74, 6) is 1.32. The summed E-state index contributed by atoms with van der Waals surface area (Å²) in [6, 6.07) is 6.28. The highest BCUT2D eigenvalue weighted by atomic mass is 16.5. The second kappa shape index (κ2) is 5.04. The molecule has 0 aliphatic carbocycles. The topological polar surface area (TPSA) is 57.4 Å².